The Morgan fingerprint density at radius 2 is 1.58 bits per heavy atom. The van der Waals surface area contributed by atoms with Crippen LogP contribution in [0.4, 0.5) is 11.4 Å². The predicted octanol–water partition coefficient (Wildman–Crippen LogP) is 4.70. The predicted molar refractivity (Wildman–Crippen MR) is 106 cm³/mol. The van der Waals surface area contributed by atoms with Crippen molar-refractivity contribution in [3.63, 3.8) is 0 Å². The fraction of sp³-hybridized carbons (Fsp3) is 0.381. The van der Waals surface area contributed by atoms with Crippen LogP contribution in [0.15, 0.2) is 48.5 Å². The lowest BCUT2D eigenvalue weighted by Crippen LogP contribution is -2.21. The number of anilines is 2. The van der Waals surface area contributed by atoms with Crippen molar-refractivity contribution in [2.45, 2.75) is 39.7 Å². The smallest absolute Gasteiger partial charge is 0.243 e. The van der Waals surface area contributed by atoms with Crippen LogP contribution in [0.5, 0.6) is 11.5 Å². The molecule has 5 nitrogen and oxygen atoms in total. The van der Waals surface area contributed by atoms with Gasteiger partial charge in [-0.3, -0.25) is 4.79 Å². The molecule has 5 heteroatoms. The van der Waals surface area contributed by atoms with Crippen molar-refractivity contribution < 1.29 is 14.3 Å². The van der Waals surface area contributed by atoms with Gasteiger partial charge >= 0.3 is 0 Å². The van der Waals surface area contributed by atoms with Crippen molar-refractivity contribution in [2.75, 3.05) is 23.8 Å². The van der Waals surface area contributed by atoms with Crippen LogP contribution in [0.1, 0.15) is 33.6 Å². The van der Waals surface area contributed by atoms with Gasteiger partial charge in [0.05, 0.1) is 19.3 Å². The van der Waals surface area contributed by atoms with Crippen LogP contribution in [-0.2, 0) is 4.79 Å². The Bertz CT molecular complexity index is 669. The summed E-state index contributed by atoms with van der Waals surface area (Å²) in [5.41, 5.74) is 1.62. The van der Waals surface area contributed by atoms with Crippen LogP contribution in [0.3, 0.4) is 0 Å². The van der Waals surface area contributed by atoms with E-state index in [2.05, 4.69) is 24.5 Å². The van der Waals surface area contributed by atoms with Gasteiger partial charge in [0, 0.05) is 11.4 Å². The Hall–Kier alpha value is -2.69. The summed E-state index contributed by atoms with van der Waals surface area (Å²) in [5, 5.41) is 5.97. The van der Waals surface area contributed by atoms with E-state index in [4.69, 9.17) is 9.47 Å². The number of hydrogen-bond donors (Lipinski definition) is 2. The highest BCUT2D eigenvalue weighted by atomic mass is 16.5. The molecule has 0 aromatic heterocycles. The molecule has 1 unspecified atom stereocenters. The Labute approximate surface area is 155 Å². The quantitative estimate of drug-likeness (QED) is 0.648. The lowest BCUT2D eigenvalue weighted by atomic mass is 10.2. The van der Waals surface area contributed by atoms with Gasteiger partial charge < -0.3 is 20.1 Å². The summed E-state index contributed by atoms with van der Waals surface area (Å²) in [4.78, 5) is 12.1. The lowest BCUT2D eigenvalue weighted by molar-refractivity contribution is -0.114. The molecule has 0 aliphatic heterocycles. The van der Waals surface area contributed by atoms with Gasteiger partial charge in [0.1, 0.15) is 11.5 Å². The Balaban J connectivity index is 1.77. The van der Waals surface area contributed by atoms with Gasteiger partial charge in [-0.05, 0) is 68.3 Å². The summed E-state index contributed by atoms with van der Waals surface area (Å²) in [7, 11) is 0. The Morgan fingerprint density at radius 1 is 0.962 bits per heavy atom. The maximum absolute atomic E-state index is 12.1. The zero-order valence-electron chi connectivity index (χ0n) is 15.7. The molecule has 0 radical (unpaired) electrons. The van der Waals surface area contributed by atoms with E-state index in [0.29, 0.717) is 6.61 Å². The van der Waals surface area contributed by atoms with Gasteiger partial charge in [-0.15, -0.1) is 0 Å². The minimum atomic E-state index is -0.105. The average Bonchev–Trinajstić information content (AvgIpc) is 2.67. The standard InChI is InChI=1S/C21H28N2O3/c1-4-14-25-19-10-6-17(7-11-19)22-15-21(24)23-18-8-12-20(13-9-18)26-16(3)5-2/h6-13,16,22H,4-5,14-15H2,1-3H3,(H,23,24). The minimum Gasteiger partial charge on any atom is -0.494 e. The van der Waals surface area contributed by atoms with Crippen molar-refractivity contribution >= 4 is 17.3 Å². The summed E-state index contributed by atoms with van der Waals surface area (Å²) < 4.78 is 11.3. The molecule has 2 aromatic rings. The van der Waals surface area contributed by atoms with E-state index in [1.54, 1.807) is 0 Å². The molecule has 1 amide bonds. The topological polar surface area (TPSA) is 59.6 Å². The zero-order valence-corrected chi connectivity index (χ0v) is 15.7. The third kappa shape index (κ3) is 6.67. The van der Waals surface area contributed by atoms with Crippen molar-refractivity contribution in [1.82, 2.24) is 0 Å². The normalized spacial score (nSPS) is 11.5. The molecular weight excluding hydrogens is 328 g/mol. The second kappa shape index (κ2) is 10.3. The van der Waals surface area contributed by atoms with Gasteiger partial charge in [0.25, 0.3) is 0 Å². The van der Waals surface area contributed by atoms with Gasteiger partial charge in [-0.2, -0.15) is 0 Å². The van der Waals surface area contributed by atoms with Crippen molar-refractivity contribution in [2.24, 2.45) is 0 Å². The third-order valence-corrected chi connectivity index (χ3v) is 3.83. The molecule has 140 valence electrons. The Morgan fingerprint density at radius 3 is 2.19 bits per heavy atom. The molecule has 2 N–H and O–H groups in total. The molecule has 0 bridgehead atoms. The maximum Gasteiger partial charge on any atom is 0.243 e. The van der Waals surface area contributed by atoms with Crippen LogP contribution < -0.4 is 20.1 Å². The second-order valence-corrected chi connectivity index (χ2v) is 6.14. The summed E-state index contributed by atoms with van der Waals surface area (Å²) in [5.74, 6) is 1.54. The number of rotatable bonds is 10. The minimum absolute atomic E-state index is 0.105. The maximum atomic E-state index is 12.1. The molecular formula is C21H28N2O3. The Kier molecular flexibility index (Phi) is 7.80. The molecule has 0 saturated carbocycles. The number of nitrogens with one attached hydrogen (secondary N) is 2. The van der Waals surface area contributed by atoms with Crippen molar-refractivity contribution in [3.05, 3.63) is 48.5 Å². The van der Waals surface area contributed by atoms with Gasteiger partial charge in [0.2, 0.25) is 5.91 Å². The molecule has 2 aromatic carbocycles. The average molecular weight is 356 g/mol. The van der Waals surface area contributed by atoms with E-state index in [9.17, 15) is 4.79 Å². The molecule has 0 heterocycles. The van der Waals surface area contributed by atoms with Gasteiger partial charge in [0.15, 0.2) is 0 Å². The first kappa shape index (κ1) is 19.6. The number of carbonyl (C=O) groups excluding carboxylic acids is 1. The summed E-state index contributed by atoms with van der Waals surface area (Å²) >= 11 is 0. The fourth-order valence-corrected chi connectivity index (χ4v) is 2.21. The highest BCUT2D eigenvalue weighted by molar-refractivity contribution is 5.93. The van der Waals surface area contributed by atoms with E-state index in [-0.39, 0.29) is 18.6 Å². The van der Waals surface area contributed by atoms with Crippen LogP contribution >= 0.6 is 0 Å². The number of benzene rings is 2. The zero-order chi connectivity index (χ0) is 18.8. The fourth-order valence-electron chi connectivity index (χ4n) is 2.21. The highest BCUT2D eigenvalue weighted by Gasteiger charge is 2.04. The summed E-state index contributed by atoms with van der Waals surface area (Å²) in [6.45, 7) is 7.08. The summed E-state index contributed by atoms with van der Waals surface area (Å²) in [6, 6.07) is 15.0. The van der Waals surface area contributed by atoms with Crippen LogP contribution in [0.2, 0.25) is 0 Å². The van der Waals surface area contributed by atoms with Gasteiger partial charge in [-0.1, -0.05) is 13.8 Å². The van der Waals surface area contributed by atoms with E-state index in [1.165, 1.54) is 0 Å². The number of ether oxygens (including phenoxy) is 2. The SMILES string of the molecule is CCCOc1ccc(NCC(=O)Nc2ccc(OC(C)CC)cc2)cc1. The van der Waals surface area contributed by atoms with Crippen LogP contribution in [0, 0.1) is 0 Å². The van der Waals surface area contributed by atoms with Crippen molar-refractivity contribution in [3.8, 4) is 11.5 Å². The number of hydrogen-bond acceptors (Lipinski definition) is 4. The van der Waals surface area contributed by atoms with E-state index in [0.717, 1.165) is 35.7 Å². The summed E-state index contributed by atoms with van der Waals surface area (Å²) in [6.07, 6.45) is 2.11. The molecule has 0 fully saturated rings. The first-order valence-corrected chi connectivity index (χ1v) is 9.14. The first-order chi connectivity index (χ1) is 12.6. The molecule has 1 atom stereocenters. The molecule has 26 heavy (non-hydrogen) atoms. The second-order valence-electron chi connectivity index (χ2n) is 6.14. The molecule has 0 spiro atoms. The van der Waals surface area contributed by atoms with Crippen molar-refractivity contribution in [1.29, 1.82) is 0 Å². The van der Waals surface area contributed by atoms with E-state index in [1.807, 2.05) is 55.5 Å². The lowest BCUT2D eigenvalue weighted by Gasteiger charge is -2.13. The number of carbonyl (C=O) groups is 1. The van der Waals surface area contributed by atoms with E-state index < -0.39 is 0 Å². The van der Waals surface area contributed by atoms with E-state index >= 15 is 0 Å². The third-order valence-electron chi connectivity index (χ3n) is 3.83. The first-order valence-electron chi connectivity index (χ1n) is 9.14. The molecule has 0 saturated heterocycles. The van der Waals surface area contributed by atoms with Gasteiger partial charge in [-0.25, -0.2) is 0 Å². The highest BCUT2D eigenvalue weighted by Crippen LogP contribution is 2.18. The van der Waals surface area contributed by atoms with Crippen LogP contribution in [-0.4, -0.2) is 25.2 Å². The molecule has 0 aliphatic rings. The monoisotopic (exact) mass is 356 g/mol. The molecule has 2 rings (SSSR count). The number of amides is 1. The molecule has 0 aliphatic carbocycles. The van der Waals surface area contributed by atoms with Crippen LogP contribution in [0.25, 0.3) is 0 Å². The largest absolute Gasteiger partial charge is 0.494 e.